The van der Waals surface area contributed by atoms with Gasteiger partial charge in [0.15, 0.2) is 0 Å². The minimum atomic E-state index is -0.0123. The van der Waals surface area contributed by atoms with Crippen LogP contribution in [-0.4, -0.2) is 12.7 Å². The molecule has 150 valence electrons. The topological polar surface area (TPSA) is 33.0 Å². The van der Waals surface area contributed by atoms with E-state index in [1.165, 1.54) is 83.5 Å². The third-order valence-electron chi connectivity index (χ3n) is 7.14. The van der Waals surface area contributed by atoms with E-state index in [0.29, 0.717) is 12.0 Å². The van der Waals surface area contributed by atoms with Crippen LogP contribution in [0.15, 0.2) is 0 Å². The Labute approximate surface area is 163 Å². The SMILES string of the molecule is CCCCCCC1(C#N)CCC(COC2CCC(CCCC)CC2)CC1. The maximum Gasteiger partial charge on any atom is 0.0689 e. The Balaban J connectivity index is 1.60. The van der Waals surface area contributed by atoms with Gasteiger partial charge in [0.1, 0.15) is 0 Å². The summed E-state index contributed by atoms with van der Waals surface area (Å²) in [7, 11) is 0. The van der Waals surface area contributed by atoms with Gasteiger partial charge in [-0.25, -0.2) is 0 Å². The minimum Gasteiger partial charge on any atom is -0.378 e. The number of nitriles is 1. The highest BCUT2D eigenvalue weighted by atomic mass is 16.5. The monoisotopic (exact) mass is 361 g/mol. The summed E-state index contributed by atoms with van der Waals surface area (Å²) in [5.74, 6) is 1.67. The summed E-state index contributed by atoms with van der Waals surface area (Å²) in [6.07, 6.45) is 20.9. The predicted molar refractivity (Wildman–Crippen MR) is 110 cm³/mol. The zero-order chi connectivity index (χ0) is 18.7. The molecular weight excluding hydrogens is 318 g/mol. The van der Waals surface area contributed by atoms with Crippen molar-refractivity contribution in [3.8, 4) is 6.07 Å². The molecule has 0 spiro atoms. The minimum absolute atomic E-state index is 0.0123. The smallest absolute Gasteiger partial charge is 0.0689 e. The first kappa shape index (κ1) is 21.7. The van der Waals surface area contributed by atoms with E-state index < -0.39 is 0 Å². The number of hydrogen-bond acceptors (Lipinski definition) is 2. The summed E-state index contributed by atoms with van der Waals surface area (Å²) >= 11 is 0. The van der Waals surface area contributed by atoms with Gasteiger partial charge in [-0.3, -0.25) is 0 Å². The number of ether oxygens (including phenoxy) is 1. The average molecular weight is 362 g/mol. The van der Waals surface area contributed by atoms with Gasteiger partial charge in [0, 0.05) is 6.61 Å². The Hall–Kier alpha value is -0.550. The first-order valence-corrected chi connectivity index (χ1v) is 11.7. The van der Waals surface area contributed by atoms with Crippen LogP contribution in [0.1, 0.15) is 117 Å². The van der Waals surface area contributed by atoms with Crippen LogP contribution >= 0.6 is 0 Å². The second-order valence-electron chi connectivity index (χ2n) is 9.26. The van der Waals surface area contributed by atoms with Gasteiger partial charge in [0.25, 0.3) is 0 Å². The number of unbranched alkanes of at least 4 members (excludes halogenated alkanes) is 4. The van der Waals surface area contributed by atoms with Crippen LogP contribution in [0, 0.1) is 28.6 Å². The molecule has 0 aromatic heterocycles. The van der Waals surface area contributed by atoms with Crippen molar-refractivity contribution >= 4 is 0 Å². The Bertz CT molecular complexity index is 397. The molecule has 0 atom stereocenters. The lowest BCUT2D eigenvalue weighted by Crippen LogP contribution is -2.30. The second-order valence-corrected chi connectivity index (χ2v) is 9.26. The third kappa shape index (κ3) is 7.22. The maximum absolute atomic E-state index is 9.72. The number of nitrogens with zero attached hydrogens (tertiary/aromatic N) is 1. The molecule has 0 aromatic rings. The molecule has 0 saturated heterocycles. The first-order valence-electron chi connectivity index (χ1n) is 11.7. The molecule has 2 heteroatoms. The molecule has 0 heterocycles. The van der Waals surface area contributed by atoms with Crippen molar-refractivity contribution in [1.82, 2.24) is 0 Å². The standard InChI is InChI=1S/C24H43NO/c1-3-5-7-8-16-24(20-25)17-14-22(15-18-24)19-26-23-12-10-21(11-13-23)9-6-4-2/h21-23H,3-19H2,1-2H3. The van der Waals surface area contributed by atoms with Crippen molar-refractivity contribution in [3.05, 3.63) is 0 Å². The summed E-state index contributed by atoms with van der Waals surface area (Å²) in [6, 6.07) is 2.70. The summed E-state index contributed by atoms with van der Waals surface area (Å²) in [5, 5.41) is 9.72. The van der Waals surface area contributed by atoms with Crippen LogP contribution in [0.2, 0.25) is 0 Å². The van der Waals surface area contributed by atoms with Crippen molar-refractivity contribution in [3.63, 3.8) is 0 Å². The van der Waals surface area contributed by atoms with Gasteiger partial charge in [-0.15, -0.1) is 0 Å². The lowest BCUT2D eigenvalue weighted by atomic mass is 9.69. The van der Waals surface area contributed by atoms with Crippen LogP contribution in [0.4, 0.5) is 0 Å². The van der Waals surface area contributed by atoms with Crippen molar-refractivity contribution in [2.24, 2.45) is 17.3 Å². The summed E-state index contributed by atoms with van der Waals surface area (Å²) in [5.41, 5.74) is -0.0123. The van der Waals surface area contributed by atoms with E-state index in [9.17, 15) is 5.26 Å². The molecule has 2 nitrogen and oxygen atoms in total. The molecule has 2 aliphatic rings. The quantitative estimate of drug-likeness (QED) is 0.359. The molecule has 2 rings (SSSR count). The Morgan fingerprint density at radius 2 is 1.54 bits per heavy atom. The molecule has 2 fully saturated rings. The first-order chi connectivity index (χ1) is 12.7. The maximum atomic E-state index is 9.72. The largest absolute Gasteiger partial charge is 0.378 e. The lowest BCUT2D eigenvalue weighted by Gasteiger charge is -2.36. The molecule has 0 N–H and O–H groups in total. The zero-order valence-electron chi connectivity index (χ0n) is 17.6. The molecule has 0 bridgehead atoms. The van der Waals surface area contributed by atoms with Crippen LogP contribution in [0.25, 0.3) is 0 Å². The molecule has 2 saturated carbocycles. The van der Waals surface area contributed by atoms with Gasteiger partial charge in [-0.2, -0.15) is 5.26 Å². The predicted octanol–water partition coefficient (Wildman–Crippen LogP) is 7.42. The van der Waals surface area contributed by atoms with E-state index in [4.69, 9.17) is 4.74 Å². The van der Waals surface area contributed by atoms with Gasteiger partial charge >= 0.3 is 0 Å². The van der Waals surface area contributed by atoms with E-state index in [-0.39, 0.29) is 5.41 Å². The Kier molecular flexibility index (Phi) is 10.1. The van der Waals surface area contributed by atoms with E-state index in [2.05, 4.69) is 19.9 Å². The van der Waals surface area contributed by atoms with E-state index >= 15 is 0 Å². The van der Waals surface area contributed by atoms with Crippen molar-refractivity contribution < 1.29 is 4.74 Å². The van der Waals surface area contributed by atoms with E-state index in [1.54, 1.807) is 0 Å². The third-order valence-corrected chi connectivity index (χ3v) is 7.14. The molecular formula is C24H43NO. The molecule has 0 amide bonds. The summed E-state index contributed by atoms with van der Waals surface area (Å²) in [4.78, 5) is 0. The van der Waals surface area contributed by atoms with Gasteiger partial charge in [0.2, 0.25) is 0 Å². The van der Waals surface area contributed by atoms with Gasteiger partial charge in [-0.1, -0.05) is 58.8 Å². The molecule has 26 heavy (non-hydrogen) atoms. The fourth-order valence-corrected chi connectivity index (χ4v) is 5.06. The fourth-order valence-electron chi connectivity index (χ4n) is 5.06. The van der Waals surface area contributed by atoms with E-state index in [1.807, 2.05) is 0 Å². The highest BCUT2D eigenvalue weighted by molar-refractivity contribution is 5.01. The average Bonchev–Trinajstić information content (AvgIpc) is 2.70. The van der Waals surface area contributed by atoms with Crippen LogP contribution < -0.4 is 0 Å². The molecule has 0 radical (unpaired) electrons. The zero-order valence-corrected chi connectivity index (χ0v) is 17.6. The highest BCUT2D eigenvalue weighted by Gasteiger charge is 2.35. The van der Waals surface area contributed by atoms with Crippen LogP contribution in [0.3, 0.4) is 0 Å². The fraction of sp³-hybridized carbons (Fsp3) is 0.958. The van der Waals surface area contributed by atoms with Crippen molar-refractivity contribution in [2.45, 2.75) is 123 Å². The van der Waals surface area contributed by atoms with Gasteiger partial charge in [0.05, 0.1) is 17.6 Å². The normalized spacial score (nSPS) is 32.3. The van der Waals surface area contributed by atoms with Crippen molar-refractivity contribution in [1.29, 1.82) is 5.26 Å². The summed E-state index contributed by atoms with van der Waals surface area (Å²) < 4.78 is 6.31. The molecule has 0 aromatic carbocycles. The number of hydrogen-bond donors (Lipinski definition) is 0. The molecule has 2 aliphatic carbocycles. The number of rotatable bonds is 11. The Morgan fingerprint density at radius 1 is 0.846 bits per heavy atom. The van der Waals surface area contributed by atoms with Crippen molar-refractivity contribution in [2.75, 3.05) is 6.61 Å². The van der Waals surface area contributed by atoms with Gasteiger partial charge in [-0.05, 0) is 69.6 Å². The summed E-state index contributed by atoms with van der Waals surface area (Å²) in [6.45, 7) is 5.50. The molecule has 0 aliphatic heterocycles. The van der Waals surface area contributed by atoms with E-state index in [0.717, 1.165) is 31.8 Å². The van der Waals surface area contributed by atoms with Crippen LogP contribution in [0.5, 0.6) is 0 Å². The lowest BCUT2D eigenvalue weighted by molar-refractivity contribution is -0.0134. The van der Waals surface area contributed by atoms with Crippen LogP contribution in [-0.2, 0) is 4.74 Å². The highest BCUT2D eigenvalue weighted by Crippen LogP contribution is 2.42. The second kappa shape index (κ2) is 12.0. The molecule has 0 unspecified atom stereocenters. The Morgan fingerprint density at radius 3 is 2.15 bits per heavy atom. The van der Waals surface area contributed by atoms with Gasteiger partial charge < -0.3 is 4.74 Å².